The van der Waals surface area contributed by atoms with Gasteiger partial charge >= 0.3 is 12.1 Å². The molecule has 0 aromatic heterocycles. The van der Waals surface area contributed by atoms with Gasteiger partial charge in [0, 0.05) is 19.0 Å². The number of carbonyl (C=O) groups excluding carboxylic acids is 2. The number of carbonyl (C=O) groups is 3. The van der Waals surface area contributed by atoms with Crippen LogP contribution in [0.4, 0.5) is 4.79 Å². The van der Waals surface area contributed by atoms with E-state index >= 15 is 0 Å². The van der Waals surface area contributed by atoms with Crippen molar-refractivity contribution in [2.24, 2.45) is 5.92 Å². The minimum atomic E-state index is -1.34. The van der Waals surface area contributed by atoms with Crippen molar-refractivity contribution in [1.82, 2.24) is 10.2 Å². The van der Waals surface area contributed by atoms with Crippen molar-refractivity contribution in [3.8, 4) is 11.1 Å². The standard InChI is InChI=1S/C28H34N2O5/c1-28(2,26(32)33)30(3)25(31)22-15-5-4-6-16-24(22)29-27(34)35-17-23-20-13-9-7-11-18(20)19-12-8-10-14-21(19)23/h7-14,22-24H,4-6,15-17H2,1-3H3,(H,29,34)(H,32,33)/t22-,24+/m1/s1. The Morgan fingerprint density at radius 1 is 0.971 bits per heavy atom. The number of ether oxygens (including phenoxy) is 1. The molecule has 7 heteroatoms. The van der Waals surface area contributed by atoms with Crippen LogP contribution in [0.2, 0.25) is 0 Å². The first-order valence-corrected chi connectivity index (χ1v) is 12.3. The molecule has 2 N–H and O–H groups in total. The summed E-state index contributed by atoms with van der Waals surface area (Å²) >= 11 is 0. The van der Waals surface area contributed by atoms with Gasteiger partial charge in [-0.1, -0.05) is 67.8 Å². The first kappa shape index (κ1) is 24.8. The third-order valence-electron chi connectivity index (χ3n) is 7.67. The SMILES string of the molecule is CN(C(=O)[C@@H]1CCCCC[C@@H]1NC(=O)OCC1c2ccccc2-c2ccccc21)C(C)(C)C(=O)O. The average molecular weight is 479 g/mol. The van der Waals surface area contributed by atoms with Crippen molar-refractivity contribution < 1.29 is 24.2 Å². The van der Waals surface area contributed by atoms with Crippen LogP contribution >= 0.6 is 0 Å². The fourth-order valence-electron chi connectivity index (χ4n) is 5.24. The number of likely N-dealkylation sites (N-methyl/N-ethyl adjacent to an activating group) is 1. The highest BCUT2D eigenvalue weighted by Crippen LogP contribution is 2.44. The lowest BCUT2D eigenvalue weighted by Gasteiger charge is -2.36. The van der Waals surface area contributed by atoms with E-state index in [9.17, 15) is 19.5 Å². The molecule has 0 spiro atoms. The highest BCUT2D eigenvalue weighted by Gasteiger charge is 2.41. The summed E-state index contributed by atoms with van der Waals surface area (Å²) in [5, 5.41) is 12.5. The Balaban J connectivity index is 1.45. The predicted octanol–water partition coefficient (Wildman–Crippen LogP) is 4.80. The summed E-state index contributed by atoms with van der Waals surface area (Å²) in [6.45, 7) is 3.23. The number of aliphatic carboxylic acids is 1. The van der Waals surface area contributed by atoms with Crippen molar-refractivity contribution in [1.29, 1.82) is 0 Å². The number of hydrogen-bond acceptors (Lipinski definition) is 4. The molecule has 0 bridgehead atoms. The minimum Gasteiger partial charge on any atom is -0.480 e. The summed E-state index contributed by atoms with van der Waals surface area (Å²) in [4.78, 5) is 39.2. The van der Waals surface area contributed by atoms with Gasteiger partial charge in [0.2, 0.25) is 5.91 Å². The number of amides is 2. The molecule has 2 aliphatic carbocycles. The van der Waals surface area contributed by atoms with Crippen molar-refractivity contribution in [3.63, 3.8) is 0 Å². The monoisotopic (exact) mass is 478 g/mol. The third kappa shape index (κ3) is 4.90. The number of hydrogen-bond donors (Lipinski definition) is 2. The van der Waals surface area contributed by atoms with E-state index in [1.165, 1.54) is 25.8 Å². The van der Waals surface area contributed by atoms with Crippen LogP contribution < -0.4 is 5.32 Å². The zero-order valence-electron chi connectivity index (χ0n) is 20.6. The number of carboxylic acid groups (broad SMARTS) is 1. The topological polar surface area (TPSA) is 95.9 Å². The maximum Gasteiger partial charge on any atom is 0.407 e. The second kappa shape index (κ2) is 10.1. The summed E-state index contributed by atoms with van der Waals surface area (Å²) < 4.78 is 5.71. The summed E-state index contributed by atoms with van der Waals surface area (Å²) in [6, 6.07) is 15.9. The van der Waals surface area contributed by atoms with Crippen LogP contribution in [0, 0.1) is 5.92 Å². The fourth-order valence-corrected chi connectivity index (χ4v) is 5.24. The number of benzene rings is 2. The predicted molar refractivity (Wildman–Crippen MR) is 133 cm³/mol. The lowest BCUT2D eigenvalue weighted by Crippen LogP contribution is -2.55. The lowest BCUT2D eigenvalue weighted by molar-refractivity contribution is -0.157. The molecule has 2 aromatic rings. The summed E-state index contributed by atoms with van der Waals surface area (Å²) in [5.74, 6) is -1.85. The first-order chi connectivity index (χ1) is 16.7. The van der Waals surface area contributed by atoms with Crippen molar-refractivity contribution in [2.45, 2.75) is 63.5 Å². The van der Waals surface area contributed by atoms with Gasteiger partial charge in [-0.15, -0.1) is 0 Å². The average Bonchev–Trinajstić information content (AvgIpc) is 2.98. The van der Waals surface area contributed by atoms with Crippen LogP contribution in [0.3, 0.4) is 0 Å². The summed E-state index contributed by atoms with van der Waals surface area (Å²) in [5.41, 5.74) is 3.27. The molecule has 7 nitrogen and oxygen atoms in total. The van der Waals surface area contributed by atoms with E-state index in [1.54, 1.807) is 0 Å². The van der Waals surface area contributed by atoms with Gasteiger partial charge in [0.25, 0.3) is 0 Å². The van der Waals surface area contributed by atoms with Crippen LogP contribution in [0.5, 0.6) is 0 Å². The molecule has 1 saturated carbocycles. The lowest BCUT2D eigenvalue weighted by atomic mass is 9.91. The molecule has 1 fully saturated rings. The van der Waals surface area contributed by atoms with Crippen LogP contribution in [0.25, 0.3) is 11.1 Å². The number of alkyl carbamates (subject to hydrolysis) is 1. The number of nitrogens with one attached hydrogen (secondary N) is 1. The molecule has 0 aliphatic heterocycles. The number of rotatable bonds is 6. The Labute approximate surface area is 206 Å². The fraction of sp³-hybridized carbons (Fsp3) is 0.464. The molecule has 2 aliphatic rings. The zero-order chi connectivity index (χ0) is 25.2. The Kier molecular flexibility index (Phi) is 7.15. The van der Waals surface area contributed by atoms with Crippen LogP contribution in [-0.2, 0) is 14.3 Å². The van der Waals surface area contributed by atoms with E-state index < -0.39 is 29.6 Å². The Morgan fingerprint density at radius 2 is 1.54 bits per heavy atom. The Bertz CT molecular complexity index is 1070. The zero-order valence-corrected chi connectivity index (χ0v) is 20.6. The molecule has 186 valence electrons. The van der Waals surface area contributed by atoms with Gasteiger partial charge in [-0.05, 0) is 48.9 Å². The van der Waals surface area contributed by atoms with Gasteiger partial charge < -0.3 is 20.1 Å². The van der Waals surface area contributed by atoms with Gasteiger partial charge in [0.15, 0.2) is 0 Å². The molecule has 2 aromatic carbocycles. The largest absolute Gasteiger partial charge is 0.480 e. The van der Waals surface area contributed by atoms with Crippen molar-refractivity contribution in [2.75, 3.05) is 13.7 Å². The molecule has 0 unspecified atom stereocenters. The van der Waals surface area contributed by atoms with Gasteiger partial charge in [0.1, 0.15) is 12.1 Å². The van der Waals surface area contributed by atoms with E-state index in [2.05, 4.69) is 29.6 Å². The maximum absolute atomic E-state index is 13.3. The van der Waals surface area contributed by atoms with Gasteiger partial charge in [0.05, 0.1) is 5.92 Å². The number of fused-ring (bicyclic) bond motifs is 3. The van der Waals surface area contributed by atoms with E-state index in [4.69, 9.17) is 4.74 Å². The molecule has 0 radical (unpaired) electrons. The van der Waals surface area contributed by atoms with E-state index in [1.807, 2.05) is 24.3 Å². The molecular weight excluding hydrogens is 444 g/mol. The van der Waals surface area contributed by atoms with Crippen molar-refractivity contribution in [3.05, 3.63) is 59.7 Å². The molecular formula is C28H34N2O5. The normalized spacial score (nSPS) is 19.7. The van der Waals surface area contributed by atoms with Gasteiger partial charge in [-0.2, -0.15) is 0 Å². The summed E-state index contributed by atoms with van der Waals surface area (Å²) in [7, 11) is 1.52. The first-order valence-electron chi connectivity index (χ1n) is 12.3. The maximum atomic E-state index is 13.3. The molecule has 0 heterocycles. The van der Waals surface area contributed by atoms with Crippen molar-refractivity contribution >= 4 is 18.0 Å². The quantitative estimate of drug-likeness (QED) is 0.582. The van der Waals surface area contributed by atoms with E-state index in [0.717, 1.165) is 41.5 Å². The second-order valence-corrected chi connectivity index (χ2v) is 10.1. The molecule has 0 saturated heterocycles. The number of nitrogens with zero attached hydrogens (tertiary/aromatic N) is 1. The minimum absolute atomic E-state index is 0.0396. The number of carboxylic acids is 1. The molecule has 35 heavy (non-hydrogen) atoms. The smallest absolute Gasteiger partial charge is 0.407 e. The molecule has 4 rings (SSSR count). The van der Waals surface area contributed by atoms with Crippen LogP contribution in [-0.4, -0.2) is 53.2 Å². The Morgan fingerprint density at radius 3 is 2.14 bits per heavy atom. The second-order valence-electron chi connectivity index (χ2n) is 10.1. The molecule has 2 atom stereocenters. The van der Waals surface area contributed by atoms with Gasteiger partial charge in [-0.3, -0.25) is 4.79 Å². The van der Waals surface area contributed by atoms with Gasteiger partial charge in [-0.25, -0.2) is 9.59 Å². The highest BCUT2D eigenvalue weighted by atomic mass is 16.5. The van der Waals surface area contributed by atoms with E-state index in [-0.39, 0.29) is 18.4 Å². The third-order valence-corrected chi connectivity index (χ3v) is 7.67. The van der Waals surface area contributed by atoms with Crippen LogP contribution in [0.1, 0.15) is 63.0 Å². The molecule has 2 amide bonds. The Hall–Kier alpha value is -3.35. The van der Waals surface area contributed by atoms with E-state index in [0.29, 0.717) is 12.8 Å². The summed E-state index contributed by atoms with van der Waals surface area (Å²) in [6.07, 6.45) is 3.44. The van der Waals surface area contributed by atoms with Crippen LogP contribution in [0.15, 0.2) is 48.5 Å². The highest BCUT2D eigenvalue weighted by molar-refractivity contribution is 5.88.